The number of piperidine rings is 1. The van der Waals surface area contributed by atoms with Crippen LogP contribution in [0.4, 0.5) is 9.18 Å². The van der Waals surface area contributed by atoms with Gasteiger partial charge in [-0.1, -0.05) is 13.8 Å². The number of halogens is 1. The minimum absolute atomic E-state index is 0.135. The SMILES string of the molecule is CC(C)[C@@H](C(=O)N1CCC(Oc2ccc(F)cc2C#N)CC1)N(C(=O)O)C(C)(C)C. The highest BCUT2D eigenvalue weighted by molar-refractivity contribution is 5.86. The maximum atomic E-state index is 13.3. The zero-order chi connectivity index (χ0) is 22.6. The van der Waals surface area contributed by atoms with Crippen molar-refractivity contribution in [2.24, 2.45) is 5.92 Å². The van der Waals surface area contributed by atoms with Crippen LogP contribution in [0.2, 0.25) is 0 Å². The molecule has 1 N–H and O–H groups in total. The van der Waals surface area contributed by atoms with Crippen molar-refractivity contribution in [3.63, 3.8) is 0 Å². The summed E-state index contributed by atoms with van der Waals surface area (Å²) in [6, 6.07) is 4.97. The number of nitriles is 1. The molecule has 0 aromatic heterocycles. The highest BCUT2D eigenvalue weighted by Gasteiger charge is 2.41. The molecular weight excluding hydrogens is 389 g/mol. The standard InChI is InChI=1S/C22H30FN3O4/c1-14(2)19(26(21(28)29)22(3,4)5)20(27)25-10-8-17(9-11-25)30-18-7-6-16(23)12-15(18)13-24/h6-7,12,14,17,19H,8-11H2,1-5H3,(H,28,29)/t19-/m0/s1. The molecule has 1 saturated heterocycles. The summed E-state index contributed by atoms with van der Waals surface area (Å²) >= 11 is 0. The zero-order valence-electron chi connectivity index (χ0n) is 18.2. The molecular formula is C22H30FN3O4. The van der Waals surface area contributed by atoms with Crippen molar-refractivity contribution in [2.75, 3.05) is 13.1 Å². The number of hydrogen-bond donors (Lipinski definition) is 1. The molecule has 0 aliphatic carbocycles. The molecule has 2 amide bonds. The molecule has 1 aromatic carbocycles. The fourth-order valence-electron chi connectivity index (χ4n) is 3.77. The third-order valence-corrected chi connectivity index (χ3v) is 5.20. The number of nitrogens with zero attached hydrogens (tertiary/aromatic N) is 3. The van der Waals surface area contributed by atoms with Gasteiger partial charge >= 0.3 is 6.09 Å². The normalized spacial score (nSPS) is 16.1. The summed E-state index contributed by atoms with van der Waals surface area (Å²) in [4.78, 5) is 28.1. The van der Waals surface area contributed by atoms with Crippen molar-refractivity contribution in [2.45, 2.75) is 65.1 Å². The number of hydrogen-bond acceptors (Lipinski definition) is 4. The van der Waals surface area contributed by atoms with Crippen molar-refractivity contribution in [1.82, 2.24) is 9.80 Å². The first-order valence-corrected chi connectivity index (χ1v) is 10.1. The summed E-state index contributed by atoms with van der Waals surface area (Å²) in [5.74, 6) is -0.561. The summed E-state index contributed by atoms with van der Waals surface area (Å²) in [7, 11) is 0. The lowest BCUT2D eigenvalue weighted by atomic mass is 9.94. The van der Waals surface area contributed by atoms with Gasteiger partial charge in [0.25, 0.3) is 0 Å². The Morgan fingerprint density at radius 3 is 2.37 bits per heavy atom. The van der Waals surface area contributed by atoms with Crippen molar-refractivity contribution in [3.8, 4) is 11.8 Å². The Morgan fingerprint density at radius 1 is 1.30 bits per heavy atom. The van der Waals surface area contributed by atoms with E-state index in [9.17, 15) is 19.1 Å². The Labute approximate surface area is 177 Å². The van der Waals surface area contributed by atoms with Crippen molar-refractivity contribution >= 4 is 12.0 Å². The molecule has 1 atom stereocenters. The number of ether oxygens (including phenoxy) is 1. The van der Waals surface area contributed by atoms with E-state index in [1.165, 1.54) is 17.0 Å². The first-order chi connectivity index (χ1) is 14.0. The van der Waals surface area contributed by atoms with Gasteiger partial charge < -0.3 is 14.7 Å². The molecule has 0 bridgehead atoms. The summed E-state index contributed by atoms with van der Waals surface area (Å²) in [5.41, 5.74) is -0.579. The van der Waals surface area contributed by atoms with Crippen LogP contribution in [0, 0.1) is 23.1 Å². The zero-order valence-corrected chi connectivity index (χ0v) is 18.2. The second-order valence-corrected chi connectivity index (χ2v) is 8.91. The van der Waals surface area contributed by atoms with Gasteiger partial charge in [-0.2, -0.15) is 5.26 Å². The van der Waals surface area contributed by atoms with E-state index in [1.807, 2.05) is 19.9 Å². The van der Waals surface area contributed by atoms with Gasteiger partial charge in [-0.25, -0.2) is 9.18 Å². The summed E-state index contributed by atoms with van der Waals surface area (Å²) in [6.07, 6.45) is -0.238. The predicted molar refractivity (Wildman–Crippen MR) is 110 cm³/mol. The smallest absolute Gasteiger partial charge is 0.408 e. The van der Waals surface area contributed by atoms with E-state index < -0.39 is 23.5 Å². The van der Waals surface area contributed by atoms with E-state index in [2.05, 4.69) is 0 Å². The molecule has 0 radical (unpaired) electrons. The second kappa shape index (κ2) is 9.33. The van der Waals surface area contributed by atoms with Crippen LogP contribution in [0.25, 0.3) is 0 Å². The van der Waals surface area contributed by atoms with Crippen LogP contribution in [-0.4, -0.2) is 57.7 Å². The van der Waals surface area contributed by atoms with Gasteiger partial charge in [0, 0.05) is 31.5 Å². The highest BCUT2D eigenvalue weighted by atomic mass is 19.1. The third-order valence-electron chi connectivity index (χ3n) is 5.20. The number of carboxylic acid groups (broad SMARTS) is 1. The van der Waals surface area contributed by atoms with E-state index in [-0.39, 0.29) is 23.5 Å². The van der Waals surface area contributed by atoms with Gasteiger partial charge in [0.1, 0.15) is 29.8 Å². The fourth-order valence-corrected chi connectivity index (χ4v) is 3.77. The van der Waals surface area contributed by atoms with Crippen LogP contribution in [0.1, 0.15) is 53.0 Å². The minimum Gasteiger partial charge on any atom is -0.489 e. The number of amides is 2. The summed E-state index contributed by atoms with van der Waals surface area (Å²) < 4.78 is 19.2. The molecule has 1 fully saturated rings. The van der Waals surface area contributed by atoms with Gasteiger partial charge in [-0.15, -0.1) is 0 Å². The maximum Gasteiger partial charge on any atom is 0.408 e. The molecule has 1 heterocycles. The Bertz CT molecular complexity index is 821. The maximum absolute atomic E-state index is 13.3. The Morgan fingerprint density at radius 2 is 1.90 bits per heavy atom. The highest BCUT2D eigenvalue weighted by Crippen LogP contribution is 2.27. The molecule has 0 unspecified atom stereocenters. The van der Waals surface area contributed by atoms with Crippen LogP contribution >= 0.6 is 0 Å². The van der Waals surface area contributed by atoms with Gasteiger partial charge in [0.15, 0.2) is 0 Å². The molecule has 0 saturated carbocycles. The van der Waals surface area contributed by atoms with E-state index in [0.29, 0.717) is 31.7 Å². The molecule has 30 heavy (non-hydrogen) atoms. The molecule has 1 aliphatic heterocycles. The Hall–Kier alpha value is -2.82. The number of carbonyl (C=O) groups excluding carboxylic acids is 1. The molecule has 0 spiro atoms. The largest absolute Gasteiger partial charge is 0.489 e. The molecule has 1 aliphatic rings. The van der Waals surface area contributed by atoms with Crippen LogP contribution in [0.15, 0.2) is 18.2 Å². The molecule has 2 rings (SSSR count). The van der Waals surface area contributed by atoms with Gasteiger partial charge in [0.2, 0.25) is 5.91 Å². The second-order valence-electron chi connectivity index (χ2n) is 8.91. The number of rotatable bonds is 5. The minimum atomic E-state index is -1.12. The van der Waals surface area contributed by atoms with Crippen LogP contribution in [-0.2, 0) is 4.79 Å². The summed E-state index contributed by atoms with van der Waals surface area (Å²) in [5, 5.41) is 18.9. The van der Waals surface area contributed by atoms with Crippen molar-refractivity contribution in [3.05, 3.63) is 29.6 Å². The predicted octanol–water partition coefficient (Wildman–Crippen LogP) is 3.87. The van der Waals surface area contributed by atoms with Crippen molar-refractivity contribution < 1.29 is 23.8 Å². The number of carbonyl (C=O) groups is 2. The molecule has 8 heteroatoms. The first-order valence-electron chi connectivity index (χ1n) is 10.1. The first kappa shape index (κ1) is 23.5. The monoisotopic (exact) mass is 419 g/mol. The molecule has 1 aromatic rings. The number of benzene rings is 1. The van der Waals surface area contributed by atoms with E-state index >= 15 is 0 Å². The van der Waals surface area contributed by atoms with Crippen molar-refractivity contribution in [1.29, 1.82) is 5.26 Å². The lowest BCUT2D eigenvalue weighted by Crippen LogP contribution is -2.60. The third kappa shape index (κ3) is 5.41. The van der Waals surface area contributed by atoms with Gasteiger partial charge in [0.05, 0.1) is 5.56 Å². The van der Waals surface area contributed by atoms with Gasteiger partial charge in [-0.3, -0.25) is 9.69 Å². The number of likely N-dealkylation sites (tertiary alicyclic amines) is 1. The quantitative estimate of drug-likeness (QED) is 0.782. The van der Waals surface area contributed by atoms with Crippen LogP contribution in [0.5, 0.6) is 5.75 Å². The molecule has 7 nitrogen and oxygen atoms in total. The topological polar surface area (TPSA) is 93.9 Å². The van der Waals surface area contributed by atoms with Crippen LogP contribution < -0.4 is 4.74 Å². The Balaban J connectivity index is 2.08. The Kier molecular flexibility index (Phi) is 7.30. The lowest BCUT2D eigenvalue weighted by Gasteiger charge is -2.43. The average Bonchev–Trinajstić information content (AvgIpc) is 2.65. The van der Waals surface area contributed by atoms with E-state index in [4.69, 9.17) is 10.00 Å². The molecule has 164 valence electrons. The average molecular weight is 419 g/mol. The lowest BCUT2D eigenvalue weighted by molar-refractivity contribution is -0.141. The van der Waals surface area contributed by atoms with E-state index in [0.717, 1.165) is 6.07 Å². The fraction of sp³-hybridized carbons (Fsp3) is 0.591. The summed E-state index contributed by atoms with van der Waals surface area (Å²) in [6.45, 7) is 9.87. The van der Waals surface area contributed by atoms with E-state index in [1.54, 1.807) is 25.7 Å². The van der Waals surface area contributed by atoms with Gasteiger partial charge in [-0.05, 0) is 44.9 Å². The van der Waals surface area contributed by atoms with Crippen LogP contribution in [0.3, 0.4) is 0 Å².